The summed E-state index contributed by atoms with van der Waals surface area (Å²) in [6.45, 7) is 4.29. The first-order valence-electron chi connectivity index (χ1n) is 8.70. The van der Waals surface area contributed by atoms with Crippen molar-refractivity contribution < 1.29 is 19.0 Å². The smallest absolute Gasteiger partial charge is 0.262 e. The first kappa shape index (κ1) is 19.8. The van der Waals surface area contributed by atoms with E-state index in [1.807, 2.05) is 38.1 Å². The van der Waals surface area contributed by atoms with E-state index in [4.69, 9.17) is 14.2 Å². The van der Waals surface area contributed by atoms with Gasteiger partial charge in [0.2, 0.25) is 6.79 Å². The van der Waals surface area contributed by atoms with Gasteiger partial charge in [-0.15, -0.1) is 0 Å². The molecule has 28 heavy (non-hydrogen) atoms. The molecule has 0 aromatic heterocycles. The minimum absolute atomic E-state index is 0.0389. The lowest BCUT2D eigenvalue weighted by molar-refractivity contribution is -0.117. The van der Waals surface area contributed by atoms with Gasteiger partial charge in [-0.3, -0.25) is 4.79 Å². The van der Waals surface area contributed by atoms with Crippen LogP contribution in [0.4, 0.5) is 0 Å². The Hall–Kier alpha value is -2.98. The Bertz CT molecular complexity index is 963. The molecular formula is C21H19BrN2O4. The highest BCUT2D eigenvalue weighted by molar-refractivity contribution is 9.10. The highest BCUT2D eigenvalue weighted by atomic mass is 79.9. The Labute approximate surface area is 171 Å². The third-order valence-electron chi connectivity index (χ3n) is 3.88. The van der Waals surface area contributed by atoms with E-state index in [1.54, 1.807) is 24.3 Å². The molecule has 0 saturated heterocycles. The zero-order valence-electron chi connectivity index (χ0n) is 15.5. The SMILES string of the molecule is CC(C)NC(=O)/C(C#N)=C\c1ccc(OCc2ccc3c(c2)OCO3)c(Br)c1. The molecule has 1 heterocycles. The number of amides is 1. The van der Waals surface area contributed by atoms with Gasteiger partial charge < -0.3 is 19.5 Å². The number of nitrogens with one attached hydrogen (secondary N) is 1. The van der Waals surface area contributed by atoms with Gasteiger partial charge in [0.05, 0.1) is 4.47 Å². The second-order valence-electron chi connectivity index (χ2n) is 6.46. The van der Waals surface area contributed by atoms with E-state index in [9.17, 15) is 10.1 Å². The van der Waals surface area contributed by atoms with Gasteiger partial charge in [-0.2, -0.15) is 5.26 Å². The number of fused-ring (bicyclic) bond motifs is 1. The summed E-state index contributed by atoms with van der Waals surface area (Å²) in [5.74, 6) is 1.71. The number of halogens is 1. The molecule has 0 bridgehead atoms. The topological polar surface area (TPSA) is 80.6 Å². The summed E-state index contributed by atoms with van der Waals surface area (Å²) < 4.78 is 17.3. The molecule has 2 aromatic rings. The second kappa shape index (κ2) is 8.81. The Morgan fingerprint density at radius 3 is 2.79 bits per heavy atom. The number of nitriles is 1. The molecule has 0 aliphatic carbocycles. The molecule has 0 atom stereocenters. The lowest BCUT2D eigenvalue weighted by Gasteiger charge is -2.10. The fraction of sp³-hybridized carbons (Fsp3) is 0.238. The van der Waals surface area contributed by atoms with Crippen LogP contribution in [0.25, 0.3) is 6.08 Å². The number of hydrogen-bond donors (Lipinski definition) is 1. The zero-order valence-corrected chi connectivity index (χ0v) is 17.1. The van der Waals surface area contributed by atoms with Crippen molar-refractivity contribution in [2.45, 2.75) is 26.5 Å². The molecule has 0 spiro atoms. The van der Waals surface area contributed by atoms with E-state index in [1.165, 1.54) is 0 Å². The summed E-state index contributed by atoms with van der Waals surface area (Å²) in [6.07, 6.45) is 1.55. The van der Waals surface area contributed by atoms with Crippen LogP contribution in [0.1, 0.15) is 25.0 Å². The van der Waals surface area contributed by atoms with Crippen LogP contribution in [0.15, 0.2) is 46.4 Å². The minimum Gasteiger partial charge on any atom is -0.488 e. The van der Waals surface area contributed by atoms with Crippen LogP contribution in [0.3, 0.4) is 0 Å². The first-order chi connectivity index (χ1) is 13.5. The number of rotatable bonds is 6. The predicted octanol–water partition coefficient (Wildman–Crippen LogP) is 4.19. The molecule has 0 unspecified atom stereocenters. The number of ether oxygens (including phenoxy) is 3. The van der Waals surface area contributed by atoms with Crippen LogP contribution in [0.2, 0.25) is 0 Å². The maximum absolute atomic E-state index is 12.0. The fourth-order valence-corrected chi connectivity index (χ4v) is 3.08. The Morgan fingerprint density at radius 1 is 1.29 bits per heavy atom. The average Bonchev–Trinajstić information content (AvgIpc) is 3.12. The third kappa shape index (κ3) is 4.84. The second-order valence-corrected chi connectivity index (χ2v) is 7.32. The van der Waals surface area contributed by atoms with Crippen molar-refractivity contribution in [1.82, 2.24) is 5.32 Å². The molecule has 0 fully saturated rings. The highest BCUT2D eigenvalue weighted by Gasteiger charge is 2.14. The monoisotopic (exact) mass is 442 g/mol. The van der Waals surface area contributed by atoms with Crippen molar-refractivity contribution in [3.8, 4) is 23.3 Å². The molecule has 1 N–H and O–H groups in total. The van der Waals surface area contributed by atoms with Crippen LogP contribution >= 0.6 is 15.9 Å². The first-order valence-corrected chi connectivity index (χ1v) is 9.49. The molecule has 7 heteroatoms. The van der Waals surface area contributed by atoms with Gasteiger partial charge in [0.1, 0.15) is 24.0 Å². The van der Waals surface area contributed by atoms with E-state index >= 15 is 0 Å². The number of hydrogen-bond acceptors (Lipinski definition) is 5. The summed E-state index contributed by atoms with van der Waals surface area (Å²) in [5.41, 5.74) is 1.73. The van der Waals surface area contributed by atoms with Gasteiger partial charge in [-0.25, -0.2) is 0 Å². The van der Waals surface area contributed by atoms with Crippen LogP contribution in [0.5, 0.6) is 17.2 Å². The van der Waals surface area contributed by atoms with Crippen LogP contribution in [-0.2, 0) is 11.4 Å². The Balaban J connectivity index is 1.69. The van der Waals surface area contributed by atoms with Crippen molar-refractivity contribution >= 4 is 27.9 Å². The minimum atomic E-state index is -0.392. The number of benzene rings is 2. The summed E-state index contributed by atoms with van der Waals surface area (Å²) in [5, 5.41) is 11.9. The summed E-state index contributed by atoms with van der Waals surface area (Å²) in [4.78, 5) is 12.0. The van der Waals surface area contributed by atoms with E-state index in [0.717, 1.165) is 21.3 Å². The van der Waals surface area contributed by atoms with Gasteiger partial charge in [-0.05, 0) is 71.2 Å². The largest absolute Gasteiger partial charge is 0.488 e. The maximum Gasteiger partial charge on any atom is 0.262 e. The van der Waals surface area contributed by atoms with E-state index in [-0.39, 0.29) is 18.4 Å². The molecular weight excluding hydrogens is 424 g/mol. The molecule has 6 nitrogen and oxygen atoms in total. The van der Waals surface area contributed by atoms with E-state index in [2.05, 4.69) is 21.2 Å². The fourth-order valence-electron chi connectivity index (χ4n) is 2.57. The molecule has 0 radical (unpaired) electrons. The van der Waals surface area contributed by atoms with Gasteiger partial charge in [-0.1, -0.05) is 12.1 Å². The van der Waals surface area contributed by atoms with Gasteiger partial charge in [0, 0.05) is 6.04 Å². The predicted molar refractivity (Wildman–Crippen MR) is 108 cm³/mol. The van der Waals surface area contributed by atoms with Crippen molar-refractivity contribution in [3.63, 3.8) is 0 Å². The zero-order chi connectivity index (χ0) is 20.1. The lowest BCUT2D eigenvalue weighted by atomic mass is 10.1. The normalized spacial score (nSPS) is 12.6. The molecule has 1 aliphatic heterocycles. The molecule has 144 valence electrons. The van der Waals surface area contributed by atoms with Crippen molar-refractivity contribution in [2.75, 3.05) is 6.79 Å². The van der Waals surface area contributed by atoms with Crippen LogP contribution in [0, 0.1) is 11.3 Å². The number of nitrogens with zero attached hydrogens (tertiary/aromatic N) is 1. The standard InChI is InChI=1S/C21H19BrN2O4/c1-13(2)24-21(25)16(10-23)7-14-3-5-18(17(22)8-14)26-11-15-4-6-19-20(9-15)28-12-27-19/h3-9,13H,11-12H2,1-2H3,(H,24,25)/b16-7-. The lowest BCUT2D eigenvalue weighted by Crippen LogP contribution is -2.30. The number of carbonyl (C=O) groups is 1. The summed E-state index contributed by atoms with van der Waals surface area (Å²) in [7, 11) is 0. The average molecular weight is 443 g/mol. The molecule has 1 amide bonds. The maximum atomic E-state index is 12.0. The molecule has 0 saturated carbocycles. The molecule has 1 aliphatic rings. The van der Waals surface area contributed by atoms with Gasteiger partial charge in [0.25, 0.3) is 5.91 Å². The highest BCUT2D eigenvalue weighted by Crippen LogP contribution is 2.33. The summed E-state index contributed by atoms with van der Waals surface area (Å²) in [6, 6.07) is 12.9. The molecule has 2 aromatic carbocycles. The van der Waals surface area contributed by atoms with Crippen LogP contribution < -0.4 is 19.5 Å². The number of carbonyl (C=O) groups excluding carboxylic acids is 1. The summed E-state index contributed by atoms with van der Waals surface area (Å²) >= 11 is 3.48. The third-order valence-corrected chi connectivity index (χ3v) is 4.50. The van der Waals surface area contributed by atoms with Crippen molar-refractivity contribution in [1.29, 1.82) is 5.26 Å². The van der Waals surface area contributed by atoms with Gasteiger partial charge in [0.15, 0.2) is 11.5 Å². The Morgan fingerprint density at radius 2 is 2.07 bits per heavy atom. The molecule has 3 rings (SSSR count). The van der Waals surface area contributed by atoms with E-state index < -0.39 is 5.91 Å². The van der Waals surface area contributed by atoms with Crippen molar-refractivity contribution in [3.05, 3.63) is 57.6 Å². The Kier molecular flexibility index (Phi) is 6.22. The van der Waals surface area contributed by atoms with Crippen LogP contribution in [-0.4, -0.2) is 18.7 Å². The van der Waals surface area contributed by atoms with E-state index in [0.29, 0.717) is 18.1 Å². The quantitative estimate of drug-likeness (QED) is 0.535. The van der Waals surface area contributed by atoms with Crippen molar-refractivity contribution in [2.24, 2.45) is 0 Å². The van der Waals surface area contributed by atoms with Gasteiger partial charge >= 0.3 is 0 Å².